The van der Waals surface area contributed by atoms with Gasteiger partial charge in [-0.2, -0.15) is 0 Å². The Morgan fingerprint density at radius 2 is 2.04 bits per heavy atom. The molecule has 0 aromatic heterocycles. The van der Waals surface area contributed by atoms with Crippen LogP contribution in [0.4, 0.5) is 15.8 Å². The average Bonchev–Trinajstić information content (AvgIpc) is 2.64. The fraction of sp³-hybridized carbons (Fsp3) is 0.222. The van der Waals surface area contributed by atoms with Gasteiger partial charge in [-0.25, -0.2) is 9.18 Å². The van der Waals surface area contributed by atoms with Crippen LogP contribution in [0.25, 0.3) is 0 Å². The summed E-state index contributed by atoms with van der Waals surface area (Å²) >= 11 is 3.08. The number of carbonyl (C=O) groups excluding carboxylic acids is 2. The highest BCUT2D eigenvalue weighted by molar-refractivity contribution is 9.10. The summed E-state index contributed by atoms with van der Waals surface area (Å²) in [5, 5.41) is 10.9. The molecule has 2 aromatic carbocycles. The maximum atomic E-state index is 13.1. The number of carbonyl (C=O) groups is 2. The van der Waals surface area contributed by atoms with E-state index in [9.17, 15) is 24.1 Å². The summed E-state index contributed by atoms with van der Waals surface area (Å²) in [7, 11) is 0. The van der Waals surface area contributed by atoms with Gasteiger partial charge in [0.1, 0.15) is 5.82 Å². The van der Waals surface area contributed by atoms with Crippen LogP contribution in [-0.4, -0.2) is 30.0 Å². The number of hydrogen-bond acceptors (Lipinski definition) is 5. The minimum absolute atomic E-state index is 0.0318. The van der Waals surface area contributed by atoms with Crippen LogP contribution >= 0.6 is 15.9 Å². The molecular formula is C18H14BrFN2O5. The number of nitrogens with zero attached hydrogens (tertiary/aromatic N) is 2. The van der Waals surface area contributed by atoms with Gasteiger partial charge in [-0.15, -0.1) is 0 Å². The Hall–Kier alpha value is -2.81. The first kappa shape index (κ1) is 19.0. The zero-order valence-corrected chi connectivity index (χ0v) is 15.6. The normalized spacial score (nSPS) is 13.0. The van der Waals surface area contributed by atoms with Gasteiger partial charge < -0.3 is 9.64 Å². The maximum Gasteiger partial charge on any atom is 0.339 e. The number of nitro groups is 1. The van der Waals surface area contributed by atoms with Gasteiger partial charge in [0.25, 0.3) is 11.6 Å². The lowest BCUT2D eigenvalue weighted by Crippen LogP contribution is -2.38. The molecule has 0 radical (unpaired) electrons. The zero-order chi connectivity index (χ0) is 19.6. The monoisotopic (exact) mass is 436 g/mol. The molecule has 140 valence electrons. The van der Waals surface area contributed by atoms with E-state index >= 15 is 0 Å². The third kappa shape index (κ3) is 4.13. The molecule has 0 saturated heterocycles. The first-order valence-electron chi connectivity index (χ1n) is 8.06. The van der Waals surface area contributed by atoms with Gasteiger partial charge in [0, 0.05) is 28.8 Å². The fourth-order valence-corrected chi connectivity index (χ4v) is 3.41. The van der Waals surface area contributed by atoms with Gasteiger partial charge in [0.15, 0.2) is 6.61 Å². The largest absolute Gasteiger partial charge is 0.452 e. The predicted molar refractivity (Wildman–Crippen MR) is 98.2 cm³/mol. The molecule has 0 atom stereocenters. The van der Waals surface area contributed by atoms with Gasteiger partial charge in [0.05, 0.1) is 10.5 Å². The van der Waals surface area contributed by atoms with E-state index in [0.29, 0.717) is 30.6 Å². The first-order chi connectivity index (χ1) is 12.9. The van der Waals surface area contributed by atoms with Crippen LogP contribution in [0.15, 0.2) is 40.9 Å². The quantitative estimate of drug-likeness (QED) is 0.414. The second-order valence-corrected chi connectivity index (χ2v) is 6.77. The molecule has 1 heterocycles. The molecule has 0 N–H and O–H groups in total. The number of hydrogen-bond donors (Lipinski definition) is 0. The highest BCUT2D eigenvalue weighted by Crippen LogP contribution is 2.30. The molecule has 1 amide bonds. The van der Waals surface area contributed by atoms with Crippen LogP contribution in [0.5, 0.6) is 0 Å². The van der Waals surface area contributed by atoms with E-state index in [0.717, 1.165) is 12.1 Å². The Balaban J connectivity index is 1.70. The van der Waals surface area contributed by atoms with Crippen molar-refractivity contribution in [2.24, 2.45) is 0 Å². The minimum Gasteiger partial charge on any atom is -0.452 e. The number of nitro benzene ring substituents is 1. The Morgan fingerprint density at radius 1 is 1.26 bits per heavy atom. The van der Waals surface area contributed by atoms with E-state index in [-0.39, 0.29) is 15.7 Å². The number of rotatable bonds is 4. The second-order valence-electron chi connectivity index (χ2n) is 5.92. The van der Waals surface area contributed by atoms with E-state index in [1.807, 2.05) is 0 Å². The molecule has 0 saturated carbocycles. The highest BCUT2D eigenvalue weighted by atomic mass is 79.9. The zero-order valence-electron chi connectivity index (χ0n) is 14.0. The van der Waals surface area contributed by atoms with E-state index in [4.69, 9.17) is 4.74 Å². The molecule has 1 aliphatic rings. The number of halogens is 2. The van der Waals surface area contributed by atoms with Crippen LogP contribution in [0, 0.1) is 15.9 Å². The molecular weight excluding hydrogens is 423 g/mol. The van der Waals surface area contributed by atoms with E-state index < -0.39 is 29.2 Å². The Kier molecular flexibility index (Phi) is 5.50. The molecule has 0 aliphatic carbocycles. The molecule has 0 unspecified atom stereocenters. The van der Waals surface area contributed by atoms with Crippen molar-refractivity contribution in [1.29, 1.82) is 0 Å². The van der Waals surface area contributed by atoms with Crippen LogP contribution in [0.3, 0.4) is 0 Å². The smallest absolute Gasteiger partial charge is 0.339 e. The molecule has 27 heavy (non-hydrogen) atoms. The van der Waals surface area contributed by atoms with Crippen molar-refractivity contribution in [2.75, 3.05) is 18.1 Å². The lowest BCUT2D eigenvalue weighted by Gasteiger charge is -2.29. The van der Waals surface area contributed by atoms with Gasteiger partial charge in [-0.05, 0) is 58.6 Å². The van der Waals surface area contributed by atoms with Crippen LogP contribution < -0.4 is 4.90 Å². The summed E-state index contributed by atoms with van der Waals surface area (Å²) in [6.45, 7) is -0.0550. The lowest BCUT2D eigenvalue weighted by atomic mass is 10.0. The number of aryl methyl sites for hydroxylation is 1. The molecule has 3 rings (SSSR count). The summed E-state index contributed by atoms with van der Waals surface area (Å²) in [4.78, 5) is 36.5. The third-order valence-electron chi connectivity index (χ3n) is 4.17. The number of fused-ring (bicyclic) bond motifs is 1. The van der Waals surface area contributed by atoms with Gasteiger partial charge >= 0.3 is 5.97 Å². The van der Waals surface area contributed by atoms with Crippen molar-refractivity contribution in [3.8, 4) is 0 Å². The maximum absolute atomic E-state index is 13.1. The standard InChI is InChI=1S/C18H14BrFN2O5/c19-15-9-12(20)3-5-14(15)18(24)27-10-17(23)21-7-1-2-11-8-13(22(25)26)4-6-16(11)21/h3-6,8-9H,1-2,7,10H2. The fourth-order valence-electron chi connectivity index (χ4n) is 2.89. The SMILES string of the molecule is O=C(OCC(=O)N1CCCc2cc([N+](=O)[O-])ccc21)c1ccc(F)cc1Br. The van der Waals surface area contributed by atoms with E-state index in [1.165, 1.54) is 29.2 Å². The number of ether oxygens (including phenoxy) is 1. The topological polar surface area (TPSA) is 89.8 Å². The highest BCUT2D eigenvalue weighted by Gasteiger charge is 2.25. The minimum atomic E-state index is -0.754. The Labute approximate surface area is 162 Å². The summed E-state index contributed by atoms with van der Waals surface area (Å²) in [5.41, 5.74) is 1.36. The number of benzene rings is 2. The number of non-ortho nitro benzene ring substituents is 1. The van der Waals surface area contributed by atoms with Gasteiger partial charge in [0.2, 0.25) is 0 Å². The summed E-state index contributed by atoms with van der Waals surface area (Å²) in [5.74, 6) is -1.69. The third-order valence-corrected chi connectivity index (χ3v) is 4.83. The summed E-state index contributed by atoms with van der Waals surface area (Å²) < 4.78 is 18.4. The number of esters is 1. The van der Waals surface area contributed by atoms with Crippen LogP contribution in [0.1, 0.15) is 22.3 Å². The molecule has 9 heteroatoms. The summed E-state index contributed by atoms with van der Waals surface area (Å²) in [6.07, 6.45) is 1.28. The predicted octanol–water partition coefficient (Wildman–Crippen LogP) is 3.63. The average molecular weight is 437 g/mol. The number of anilines is 1. The molecule has 1 aliphatic heterocycles. The second kappa shape index (κ2) is 7.83. The Bertz CT molecular complexity index is 934. The molecule has 0 spiro atoms. The van der Waals surface area contributed by atoms with Crippen LogP contribution in [0.2, 0.25) is 0 Å². The number of amides is 1. The van der Waals surface area contributed by atoms with Crippen LogP contribution in [-0.2, 0) is 16.0 Å². The molecule has 2 aromatic rings. The summed E-state index contributed by atoms with van der Waals surface area (Å²) in [6, 6.07) is 7.84. The molecule has 0 bridgehead atoms. The van der Waals surface area contributed by atoms with Crippen molar-refractivity contribution >= 4 is 39.2 Å². The lowest BCUT2D eigenvalue weighted by molar-refractivity contribution is -0.384. The Morgan fingerprint density at radius 3 is 2.74 bits per heavy atom. The van der Waals surface area contributed by atoms with Gasteiger partial charge in [-0.3, -0.25) is 14.9 Å². The van der Waals surface area contributed by atoms with Crippen molar-refractivity contribution in [3.63, 3.8) is 0 Å². The van der Waals surface area contributed by atoms with Crippen molar-refractivity contribution in [2.45, 2.75) is 12.8 Å². The van der Waals surface area contributed by atoms with Crippen molar-refractivity contribution in [1.82, 2.24) is 0 Å². The molecule has 7 nitrogen and oxygen atoms in total. The van der Waals surface area contributed by atoms with Crippen molar-refractivity contribution in [3.05, 3.63) is 67.9 Å². The first-order valence-corrected chi connectivity index (χ1v) is 8.86. The van der Waals surface area contributed by atoms with E-state index in [2.05, 4.69) is 15.9 Å². The van der Waals surface area contributed by atoms with Gasteiger partial charge in [-0.1, -0.05) is 0 Å². The van der Waals surface area contributed by atoms with E-state index in [1.54, 1.807) is 0 Å². The van der Waals surface area contributed by atoms with Crippen molar-refractivity contribution < 1.29 is 23.6 Å². The molecule has 0 fully saturated rings.